The molecule has 94 valence electrons. The summed E-state index contributed by atoms with van der Waals surface area (Å²) in [5.74, 6) is 0.730. The van der Waals surface area contributed by atoms with Crippen molar-refractivity contribution >= 4 is 33.3 Å². The molecule has 1 saturated carbocycles. The summed E-state index contributed by atoms with van der Waals surface area (Å²) in [4.78, 5) is 4.19. The smallest absolute Gasteiger partial charge is 0.140 e. The Bertz CT molecular complexity index is 394. The fourth-order valence-electron chi connectivity index (χ4n) is 2.18. The summed E-state index contributed by atoms with van der Waals surface area (Å²) >= 11 is 9.22. The number of halogens is 2. The first-order valence-electron chi connectivity index (χ1n) is 5.86. The number of pyridine rings is 1. The molecular formula is C12H16BrClN2O. The van der Waals surface area contributed by atoms with Crippen LogP contribution in [-0.2, 0) is 0 Å². The van der Waals surface area contributed by atoms with E-state index in [9.17, 15) is 5.11 Å². The molecule has 1 aromatic heterocycles. The lowest BCUT2D eigenvalue weighted by Gasteiger charge is -2.32. The van der Waals surface area contributed by atoms with Gasteiger partial charge in [0.05, 0.1) is 15.1 Å². The highest BCUT2D eigenvalue weighted by molar-refractivity contribution is 9.10. The van der Waals surface area contributed by atoms with E-state index in [1.165, 1.54) is 6.42 Å². The zero-order chi connectivity index (χ0) is 12.3. The third kappa shape index (κ3) is 3.57. The standard InChI is InChI=1S/C12H16BrClN2O/c13-10-6-9(14)7-15-11(10)16-8-12(17)4-2-1-3-5-12/h6-7,17H,1-5,8H2,(H,15,16). The molecule has 5 heteroatoms. The van der Waals surface area contributed by atoms with Crippen LogP contribution in [0, 0.1) is 0 Å². The van der Waals surface area contributed by atoms with Gasteiger partial charge in [0.15, 0.2) is 0 Å². The molecule has 2 N–H and O–H groups in total. The monoisotopic (exact) mass is 318 g/mol. The SMILES string of the molecule is OC1(CNc2ncc(Cl)cc2Br)CCCCC1. The normalized spacial score (nSPS) is 19.0. The lowest BCUT2D eigenvalue weighted by atomic mass is 9.85. The van der Waals surface area contributed by atoms with Crippen molar-refractivity contribution < 1.29 is 5.11 Å². The van der Waals surface area contributed by atoms with Crippen LogP contribution < -0.4 is 5.32 Å². The van der Waals surface area contributed by atoms with Gasteiger partial charge in [-0.2, -0.15) is 0 Å². The minimum absolute atomic E-state index is 0.542. The molecule has 1 aliphatic rings. The molecule has 2 rings (SSSR count). The van der Waals surface area contributed by atoms with Crippen LogP contribution in [0.2, 0.25) is 5.02 Å². The molecule has 0 amide bonds. The van der Waals surface area contributed by atoms with Crippen molar-refractivity contribution in [3.63, 3.8) is 0 Å². The molecule has 0 bridgehead atoms. The molecule has 3 nitrogen and oxygen atoms in total. The summed E-state index contributed by atoms with van der Waals surface area (Å²) < 4.78 is 0.824. The molecule has 0 saturated heterocycles. The first-order chi connectivity index (χ1) is 8.09. The number of aliphatic hydroxyl groups is 1. The minimum atomic E-state index is -0.584. The van der Waals surface area contributed by atoms with Crippen molar-refractivity contribution in [2.45, 2.75) is 37.7 Å². The van der Waals surface area contributed by atoms with Gasteiger partial charge in [-0.3, -0.25) is 0 Å². The Morgan fingerprint density at radius 3 is 2.76 bits per heavy atom. The molecule has 0 unspecified atom stereocenters. The van der Waals surface area contributed by atoms with Crippen LogP contribution in [-0.4, -0.2) is 22.2 Å². The summed E-state index contributed by atoms with van der Waals surface area (Å²) in [6.07, 6.45) is 6.77. The Kier molecular flexibility index (Phi) is 4.28. The van der Waals surface area contributed by atoms with Crippen LogP contribution in [0.5, 0.6) is 0 Å². The summed E-state index contributed by atoms with van der Waals surface area (Å²) in [6.45, 7) is 0.542. The summed E-state index contributed by atoms with van der Waals surface area (Å²) in [5, 5.41) is 14.1. The number of nitrogens with zero attached hydrogens (tertiary/aromatic N) is 1. The Morgan fingerprint density at radius 2 is 2.12 bits per heavy atom. The predicted molar refractivity (Wildman–Crippen MR) is 73.5 cm³/mol. The maximum atomic E-state index is 10.3. The Morgan fingerprint density at radius 1 is 1.41 bits per heavy atom. The van der Waals surface area contributed by atoms with Gasteiger partial charge in [-0.1, -0.05) is 30.9 Å². The van der Waals surface area contributed by atoms with Gasteiger partial charge in [-0.25, -0.2) is 4.98 Å². The van der Waals surface area contributed by atoms with Crippen LogP contribution in [0.15, 0.2) is 16.7 Å². The van der Waals surface area contributed by atoms with Gasteiger partial charge < -0.3 is 10.4 Å². The lowest BCUT2D eigenvalue weighted by molar-refractivity contribution is 0.0166. The molecule has 1 heterocycles. The predicted octanol–water partition coefficient (Wildman–Crippen LogP) is 3.60. The third-order valence-corrected chi connectivity index (χ3v) is 3.99. The van der Waals surface area contributed by atoms with E-state index in [4.69, 9.17) is 11.6 Å². The highest BCUT2D eigenvalue weighted by Gasteiger charge is 2.29. The molecule has 1 fully saturated rings. The van der Waals surface area contributed by atoms with Gasteiger partial charge in [0.25, 0.3) is 0 Å². The molecule has 0 atom stereocenters. The number of nitrogens with one attached hydrogen (secondary N) is 1. The van der Waals surface area contributed by atoms with E-state index in [1.807, 2.05) is 0 Å². The van der Waals surface area contributed by atoms with Crippen LogP contribution in [0.25, 0.3) is 0 Å². The maximum absolute atomic E-state index is 10.3. The zero-order valence-electron chi connectivity index (χ0n) is 9.55. The number of hydrogen-bond acceptors (Lipinski definition) is 3. The van der Waals surface area contributed by atoms with Crippen LogP contribution in [0.4, 0.5) is 5.82 Å². The van der Waals surface area contributed by atoms with Crippen molar-refractivity contribution in [1.29, 1.82) is 0 Å². The summed E-state index contributed by atoms with van der Waals surface area (Å²) in [7, 11) is 0. The quantitative estimate of drug-likeness (QED) is 0.894. The second-order valence-corrected chi connectivity index (χ2v) is 5.91. The largest absolute Gasteiger partial charge is 0.388 e. The van der Waals surface area contributed by atoms with Gasteiger partial charge in [-0.15, -0.1) is 0 Å². The van der Waals surface area contributed by atoms with Gasteiger partial charge >= 0.3 is 0 Å². The molecule has 17 heavy (non-hydrogen) atoms. The number of anilines is 1. The summed E-state index contributed by atoms with van der Waals surface area (Å²) in [5.41, 5.74) is -0.584. The van der Waals surface area contributed by atoms with Crippen molar-refractivity contribution in [1.82, 2.24) is 4.98 Å². The van der Waals surface area contributed by atoms with E-state index in [1.54, 1.807) is 12.3 Å². The Balaban J connectivity index is 1.97. The van der Waals surface area contributed by atoms with Gasteiger partial charge in [0.1, 0.15) is 5.82 Å². The summed E-state index contributed by atoms with van der Waals surface area (Å²) in [6, 6.07) is 1.79. The fraction of sp³-hybridized carbons (Fsp3) is 0.583. The molecule has 1 aliphatic carbocycles. The number of aromatic nitrogens is 1. The molecular weight excluding hydrogens is 304 g/mol. The lowest BCUT2D eigenvalue weighted by Crippen LogP contribution is -2.39. The minimum Gasteiger partial charge on any atom is -0.388 e. The number of rotatable bonds is 3. The average molecular weight is 320 g/mol. The van der Waals surface area contributed by atoms with Crippen LogP contribution in [0.1, 0.15) is 32.1 Å². The van der Waals surface area contributed by atoms with Crippen molar-refractivity contribution in [2.75, 3.05) is 11.9 Å². The van der Waals surface area contributed by atoms with Crippen molar-refractivity contribution in [3.05, 3.63) is 21.8 Å². The van der Waals surface area contributed by atoms with Gasteiger partial charge in [0.2, 0.25) is 0 Å². The van der Waals surface area contributed by atoms with E-state index >= 15 is 0 Å². The van der Waals surface area contributed by atoms with E-state index in [-0.39, 0.29) is 0 Å². The average Bonchev–Trinajstić information content (AvgIpc) is 2.29. The maximum Gasteiger partial charge on any atom is 0.140 e. The van der Waals surface area contributed by atoms with E-state index in [2.05, 4.69) is 26.2 Å². The van der Waals surface area contributed by atoms with Crippen LogP contribution >= 0.6 is 27.5 Å². The molecule has 0 spiro atoms. The van der Waals surface area contributed by atoms with Crippen LogP contribution in [0.3, 0.4) is 0 Å². The fourth-order valence-corrected chi connectivity index (χ4v) is 2.96. The highest BCUT2D eigenvalue weighted by atomic mass is 79.9. The Labute approximate surface area is 115 Å². The van der Waals surface area contributed by atoms with Gasteiger partial charge in [-0.05, 0) is 34.8 Å². The molecule has 0 aliphatic heterocycles. The van der Waals surface area contributed by atoms with E-state index in [0.717, 1.165) is 36.0 Å². The molecule has 0 radical (unpaired) electrons. The number of hydrogen-bond donors (Lipinski definition) is 2. The van der Waals surface area contributed by atoms with E-state index < -0.39 is 5.60 Å². The van der Waals surface area contributed by atoms with Crippen molar-refractivity contribution in [2.24, 2.45) is 0 Å². The highest BCUT2D eigenvalue weighted by Crippen LogP contribution is 2.29. The molecule has 0 aromatic carbocycles. The topological polar surface area (TPSA) is 45.1 Å². The van der Waals surface area contributed by atoms with Gasteiger partial charge in [0, 0.05) is 12.7 Å². The zero-order valence-corrected chi connectivity index (χ0v) is 11.9. The second-order valence-electron chi connectivity index (χ2n) is 4.62. The second kappa shape index (κ2) is 5.55. The molecule has 1 aromatic rings. The Hall–Kier alpha value is -0.320. The third-order valence-electron chi connectivity index (χ3n) is 3.18. The first-order valence-corrected chi connectivity index (χ1v) is 7.03. The van der Waals surface area contributed by atoms with E-state index in [0.29, 0.717) is 11.6 Å². The first kappa shape index (κ1) is 13.1. The van der Waals surface area contributed by atoms with Crippen molar-refractivity contribution in [3.8, 4) is 0 Å².